The Morgan fingerprint density at radius 3 is 3.20 bits per heavy atom. The Morgan fingerprint density at radius 1 is 1.40 bits per heavy atom. The molecule has 0 spiro atoms. The first kappa shape index (κ1) is 6.23. The van der Waals surface area contributed by atoms with E-state index in [9.17, 15) is 4.39 Å². The van der Waals surface area contributed by atoms with E-state index in [2.05, 4.69) is 0 Å². The third-order valence-corrected chi connectivity index (χ3v) is 2.77. The molecule has 0 radical (unpaired) electrons. The van der Waals surface area contributed by atoms with E-state index in [-0.39, 0.29) is 5.82 Å². The zero-order valence-electron chi connectivity index (χ0n) is 5.43. The lowest BCUT2D eigenvalue weighted by Gasteiger charge is -1.94. The van der Waals surface area contributed by atoms with Crippen molar-refractivity contribution in [3.8, 4) is 0 Å². The first-order valence-electron chi connectivity index (χ1n) is 3.27. The van der Waals surface area contributed by atoms with Gasteiger partial charge in [0.2, 0.25) is 0 Å². The quantitative estimate of drug-likeness (QED) is 0.553. The molecule has 0 saturated heterocycles. The van der Waals surface area contributed by atoms with Crippen LogP contribution in [0.1, 0.15) is 5.56 Å². The molecular weight excluding hydrogens is 147 g/mol. The highest BCUT2D eigenvalue weighted by molar-refractivity contribution is 7.99. The standard InChI is InChI=1S/C8H7FS/c9-7-1-2-8-6(5-7)3-4-10-8/h1-2,5H,3-4H2. The summed E-state index contributed by atoms with van der Waals surface area (Å²) in [6.45, 7) is 0. The number of rotatable bonds is 0. The van der Waals surface area contributed by atoms with Crippen LogP contribution in [0.25, 0.3) is 0 Å². The molecule has 0 atom stereocenters. The molecule has 0 amide bonds. The normalized spacial score (nSPS) is 15.3. The number of halogens is 1. The predicted octanol–water partition coefficient (Wildman–Crippen LogP) is 2.47. The van der Waals surface area contributed by atoms with Crippen LogP contribution in [-0.4, -0.2) is 5.75 Å². The summed E-state index contributed by atoms with van der Waals surface area (Å²) in [7, 11) is 0. The molecule has 52 valence electrons. The van der Waals surface area contributed by atoms with Crippen LogP contribution in [0, 0.1) is 5.82 Å². The largest absolute Gasteiger partial charge is 0.207 e. The van der Waals surface area contributed by atoms with Crippen molar-refractivity contribution < 1.29 is 4.39 Å². The lowest BCUT2D eigenvalue weighted by atomic mass is 10.2. The van der Waals surface area contributed by atoms with E-state index < -0.39 is 0 Å². The molecule has 0 bridgehead atoms. The minimum atomic E-state index is -0.110. The van der Waals surface area contributed by atoms with Gasteiger partial charge < -0.3 is 0 Å². The van der Waals surface area contributed by atoms with Gasteiger partial charge in [-0.2, -0.15) is 0 Å². The van der Waals surface area contributed by atoms with Gasteiger partial charge in [-0.15, -0.1) is 11.8 Å². The molecule has 1 aliphatic rings. The molecule has 0 aliphatic carbocycles. The summed E-state index contributed by atoms with van der Waals surface area (Å²) in [5.74, 6) is 1.000. The van der Waals surface area contributed by atoms with Crippen molar-refractivity contribution in [1.29, 1.82) is 0 Å². The molecule has 1 aliphatic heterocycles. The van der Waals surface area contributed by atoms with Crippen molar-refractivity contribution in [2.24, 2.45) is 0 Å². The van der Waals surface area contributed by atoms with Gasteiger partial charge in [0.15, 0.2) is 0 Å². The fourth-order valence-corrected chi connectivity index (χ4v) is 2.21. The van der Waals surface area contributed by atoms with E-state index in [1.165, 1.54) is 16.5 Å². The Labute approximate surface area is 63.4 Å². The molecule has 0 unspecified atom stereocenters. The van der Waals surface area contributed by atoms with Crippen LogP contribution in [0.3, 0.4) is 0 Å². The highest BCUT2D eigenvalue weighted by Gasteiger charge is 2.10. The maximum atomic E-state index is 12.6. The van der Waals surface area contributed by atoms with Crippen LogP contribution in [0.5, 0.6) is 0 Å². The smallest absolute Gasteiger partial charge is 0.123 e. The summed E-state index contributed by atoms with van der Waals surface area (Å²) in [5.41, 5.74) is 1.17. The van der Waals surface area contributed by atoms with E-state index in [1.54, 1.807) is 6.07 Å². The molecule has 1 aromatic rings. The van der Waals surface area contributed by atoms with Crippen molar-refractivity contribution >= 4 is 11.8 Å². The van der Waals surface area contributed by atoms with Gasteiger partial charge in [0.1, 0.15) is 5.82 Å². The molecule has 10 heavy (non-hydrogen) atoms. The summed E-state index contributed by atoms with van der Waals surface area (Å²) in [4.78, 5) is 1.25. The topological polar surface area (TPSA) is 0 Å². The molecule has 2 heteroatoms. The van der Waals surface area contributed by atoms with Gasteiger partial charge in [-0.25, -0.2) is 4.39 Å². The van der Waals surface area contributed by atoms with E-state index in [0.29, 0.717) is 0 Å². The minimum absolute atomic E-state index is 0.110. The van der Waals surface area contributed by atoms with Gasteiger partial charge in [-0.3, -0.25) is 0 Å². The van der Waals surface area contributed by atoms with E-state index in [0.717, 1.165) is 12.2 Å². The second-order valence-electron chi connectivity index (χ2n) is 2.35. The van der Waals surface area contributed by atoms with Gasteiger partial charge in [0.05, 0.1) is 0 Å². The first-order chi connectivity index (χ1) is 4.86. The lowest BCUT2D eigenvalue weighted by molar-refractivity contribution is 0.624. The molecule has 0 N–H and O–H groups in total. The highest BCUT2D eigenvalue weighted by atomic mass is 32.2. The maximum Gasteiger partial charge on any atom is 0.123 e. The van der Waals surface area contributed by atoms with Crippen LogP contribution in [0.2, 0.25) is 0 Å². The SMILES string of the molecule is Fc1ccc2c(c1)CCS2. The average molecular weight is 154 g/mol. The zero-order valence-corrected chi connectivity index (χ0v) is 6.25. The van der Waals surface area contributed by atoms with Crippen LogP contribution in [0.4, 0.5) is 4.39 Å². The summed E-state index contributed by atoms with van der Waals surface area (Å²) < 4.78 is 12.6. The molecule has 0 nitrogen and oxygen atoms in total. The van der Waals surface area contributed by atoms with Gasteiger partial charge >= 0.3 is 0 Å². The number of fused-ring (bicyclic) bond motifs is 1. The van der Waals surface area contributed by atoms with E-state index >= 15 is 0 Å². The maximum absolute atomic E-state index is 12.6. The van der Waals surface area contributed by atoms with Crippen molar-refractivity contribution in [3.63, 3.8) is 0 Å². The monoisotopic (exact) mass is 154 g/mol. The lowest BCUT2D eigenvalue weighted by Crippen LogP contribution is -1.81. The van der Waals surface area contributed by atoms with Gasteiger partial charge in [-0.1, -0.05) is 0 Å². The van der Waals surface area contributed by atoms with Crippen molar-refractivity contribution in [3.05, 3.63) is 29.6 Å². The van der Waals surface area contributed by atoms with Crippen LogP contribution in [0.15, 0.2) is 23.1 Å². The summed E-state index contributed by atoms with van der Waals surface area (Å²) >= 11 is 1.81. The first-order valence-corrected chi connectivity index (χ1v) is 4.26. The fourth-order valence-electron chi connectivity index (χ4n) is 1.16. The van der Waals surface area contributed by atoms with Crippen LogP contribution in [-0.2, 0) is 6.42 Å². The van der Waals surface area contributed by atoms with Gasteiger partial charge in [0.25, 0.3) is 0 Å². The Kier molecular flexibility index (Phi) is 1.42. The van der Waals surface area contributed by atoms with Crippen molar-refractivity contribution in [2.75, 3.05) is 5.75 Å². The summed E-state index contributed by atoms with van der Waals surface area (Å²) in [5, 5.41) is 0. The number of benzene rings is 1. The number of hydrogen-bond acceptors (Lipinski definition) is 1. The molecule has 0 fully saturated rings. The molecule has 0 aromatic heterocycles. The van der Waals surface area contributed by atoms with Crippen LogP contribution < -0.4 is 0 Å². The zero-order chi connectivity index (χ0) is 6.97. The Morgan fingerprint density at radius 2 is 2.30 bits per heavy atom. The molecule has 1 heterocycles. The number of thioether (sulfide) groups is 1. The third kappa shape index (κ3) is 0.926. The second kappa shape index (κ2) is 2.27. The minimum Gasteiger partial charge on any atom is -0.207 e. The van der Waals surface area contributed by atoms with E-state index in [1.807, 2.05) is 17.8 Å². The highest BCUT2D eigenvalue weighted by Crippen LogP contribution is 2.30. The molecule has 1 aromatic carbocycles. The van der Waals surface area contributed by atoms with Crippen LogP contribution >= 0.6 is 11.8 Å². The van der Waals surface area contributed by atoms with Gasteiger partial charge in [-0.05, 0) is 30.2 Å². The fraction of sp³-hybridized carbons (Fsp3) is 0.250. The molecule has 2 rings (SSSR count). The van der Waals surface area contributed by atoms with E-state index in [4.69, 9.17) is 0 Å². The predicted molar refractivity (Wildman–Crippen MR) is 40.8 cm³/mol. The second-order valence-corrected chi connectivity index (χ2v) is 3.49. The molecular formula is C8H7FS. The number of aryl methyl sites for hydroxylation is 1. The van der Waals surface area contributed by atoms with Crippen molar-refractivity contribution in [1.82, 2.24) is 0 Å². The summed E-state index contributed by atoms with van der Waals surface area (Å²) in [6.07, 6.45) is 1.03. The Hall–Kier alpha value is -0.500. The third-order valence-electron chi connectivity index (χ3n) is 1.65. The molecule has 0 saturated carbocycles. The Bertz CT molecular complexity index is 257. The summed E-state index contributed by atoms with van der Waals surface area (Å²) in [6, 6.07) is 5.02. The average Bonchev–Trinajstić information content (AvgIpc) is 2.33. The van der Waals surface area contributed by atoms with Crippen molar-refractivity contribution in [2.45, 2.75) is 11.3 Å². The van der Waals surface area contributed by atoms with Gasteiger partial charge in [0, 0.05) is 10.6 Å². The Balaban J connectivity index is 2.52. The number of hydrogen-bond donors (Lipinski definition) is 0.